The van der Waals surface area contributed by atoms with Crippen LogP contribution in [-0.4, -0.2) is 15.7 Å². The second kappa shape index (κ2) is 2.18. The van der Waals surface area contributed by atoms with Crippen molar-refractivity contribution in [2.24, 2.45) is 5.92 Å². The molecule has 1 aromatic rings. The first-order valence-electron chi connectivity index (χ1n) is 3.74. The van der Waals surface area contributed by atoms with Crippen LogP contribution in [0.5, 0.6) is 0 Å². The van der Waals surface area contributed by atoms with Crippen LogP contribution in [0.3, 0.4) is 0 Å². The number of nitrogens with zero attached hydrogens (tertiary/aromatic N) is 2. The van der Waals surface area contributed by atoms with E-state index in [1.807, 2.05) is 0 Å². The summed E-state index contributed by atoms with van der Waals surface area (Å²) in [6.07, 6.45) is 3.00. The van der Waals surface area contributed by atoms with Gasteiger partial charge in [-0.1, -0.05) is 0 Å². The van der Waals surface area contributed by atoms with E-state index in [-0.39, 0.29) is 13.0 Å². The summed E-state index contributed by atoms with van der Waals surface area (Å²) >= 11 is 0. The average Bonchev–Trinajstić information content (AvgIpc) is 2.41. The minimum atomic E-state index is -2.47. The molecule has 1 fully saturated rings. The summed E-state index contributed by atoms with van der Waals surface area (Å²) in [6, 6.07) is 0. The molecule has 1 aliphatic rings. The van der Waals surface area contributed by atoms with Gasteiger partial charge in [0, 0.05) is 25.1 Å². The van der Waals surface area contributed by atoms with Crippen LogP contribution in [0.25, 0.3) is 0 Å². The van der Waals surface area contributed by atoms with Gasteiger partial charge in [-0.05, 0) is 0 Å². The number of anilines is 1. The smallest absolute Gasteiger partial charge is 0.253 e. The van der Waals surface area contributed by atoms with E-state index in [1.165, 1.54) is 10.9 Å². The maximum Gasteiger partial charge on any atom is 0.253 e. The van der Waals surface area contributed by atoms with Gasteiger partial charge in [0.1, 0.15) is 0 Å². The third-order valence-electron chi connectivity index (χ3n) is 2.02. The number of nitrogen functional groups attached to an aromatic ring is 1. The Labute approximate surface area is 68.2 Å². The highest BCUT2D eigenvalue weighted by molar-refractivity contribution is 5.30. The highest BCUT2D eigenvalue weighted by Gasteiger charge is 2.56. The summed E-state index contributed by atoms with van der Waals surface area (Å²) in [5.74, 6) is -3.02. The van der Waals surface area contributed by atoms with Crippen molar-refractivity contribution >= 4 is 5.69 Å². The van der Waals surface area contributed by atoms with Crippen molar-refractivity contribution in [1.29, 1.82) is 0 Å². The second-order valence-electron chi connectivity index (χ2n) is 3.16. The minimum absolute atomic E-state index is 0.0211. The molecule has 1 saturated carbocycles. The summed E-state index contributed by atoms with van der Waals surface area (Å²) < 4.78 is 26.3. The molecule has 1 aliphatic carbocycles. The lowest BCUT2D eigenvalue weighted by atomic mass is 10.4. The Bertz CT molecular complexity index is 295. The van der Waals surface area contributed by atoms with E-state index in [1.54, 1.807) is 6.20 Å². The monoisotopic (exact) mass is 173 g/mol. The molecule has 1 heterocycles. The summed E-state index contributed by atoms with van der Waals surface area (Å²) in [6.45, 7) is 0.268. The Kier molecular flexibility index (Phi) is 1.37. The quantitative estimate of drug-likeness (QED) is 0.728. The van der Waals surface area contributed by atoms with E-state index in [0.29, 0.717) is 5.69 Å². The zero-order valence-electron chi connectivity index (χ0n) is 6.37. The Balaban J connectivity index is 1.97. The molecule has 0 saturated heterocycles. The first-order chi connectivity index (χ1) is 5.58. The first-order valence-corrected chi connectivity index (χ1v) is 3.74. The van der Waals surface area contributed by atoms with E-state index in [0.717, 1.165) is 0 Å². The van der Waals surface area contributed by atoms with Crippen molar-refractivity contribution < 1.29 is 8.78 Å². The molecule has 1 unspecified atom stereocenters. The Hall–Kier alpha value is -1.13. The van der Waals surface area contributed by atoms with E-state index in [9.17, 15) is 8.78 Å². The third-order valence-corrected chi connectivity index (χ3v) is 2.02. The van der Waals surface area contributed by atoms with Crippen LogP contribution in [0.2, 0.25) is 0 Å². The fraction of sp³-hybridized carbons (Fsp3) is 0.571. The van der Waals surface area contributed by atoms with Crippen LogP contribution >= 0.6 is 0 Å². The molecule has 0 amide bonds. The lowest BCUT2D eigenvalue weighted by molar-refractivity contribution is 0.0942. The van der Waals surface area contributed by atoms with E-state index in [4.69, 9.17) is 5.73 Å². The van der Waals surface area contributed by atoms with Crippen LogP contribution in [0.15, 0.2) is 12.4 Å². The molecule has 0 spiro atoms. The topological polar surface area (TPSA) is 43.8 Å². The van der Waals surface area contributed by atoms with Gasteiger partial charge in [-0.2, -0.15) is 5.10 Å². The van der Waals surface area contributed by atoms with Crippen molar-refractivity contribution in [1.82, 2.24) is 9.78 Å². The van der Waals surface area contributed by atoms with Crippen molar-refractivity contribution in [3.05, 3.63) is 12.4 Å². The van der Waals surface area contributed by atoms with Gasteiger partial charge in [0.25, 0.3) is 5.92 Å². The molecular weight excluding hydrogens is 164 g/mol. The van der Waals surface area contributed by atoms with Gasteiger partial charge in [-0.3, -0.25) is 4.68 Å². The highest BCUT2D eigenvalue weighted by atomic mass is 19.3. The molecule has 0 bridgehead atoms. The lowest BCUT2D eigenvalue weighted by Crippen LogP contribution is -2.05. The molecule has 3 nitrogen and oxygen atoms in total. The summed E-state index contributed by atoms with van der Waals surface area (Å²) in [5, 5.41) is 3.82. The number of halogens is 2. The Morgan fingerprint density at radius 2 is 2.42 bits per heavy atom. The first kappa shape index (κ1) is 7.52. The van der Waals surface area contributed by atoms with Gasteiger partial charge in [0.2, 0.25) is 0 Å². The SMILES string of the molecule is Nc1cnn(CC2CC2(F)F)c1. The van der Waals surface area contributed by atoms with Crippen molar-refractivity contribution in [3.8, 4) is 0 Å². The largest absolute Gasteiger partial charge is 0.396 e. The molecule has 0 radical (unpaired) electrons. The maximum atomic E-state index is 12.4. The molecule has 2 rings (SSSR count). The molecule has 2 N–H and O–H groups in total. The van der Waals surface area contributed by atoms with Gasteiger partial charge >= 0.3 is 0 Å². The van der Waals surface area contributed by atoms with Crippen LogP contribution < -0.4 is 5.73 Å². The second-order valence-corrected chi connectivity index (χ2v) is 3.16. The van der Waals surface area contributed by atoms with Crippen LogP contribution in [0.1, 0.15) is 6.42 Å². The number of aromatic nitrogens is 2. The molecule has 1 atom stereocenters. The summed E-state index contributed by atoms with van der Waals surface area (Å²) in [4.78, 5) is 0. The lowest BCUT2D eigenvalue weighted by Gasteiger charge is -1.98. The van der Waals surface area contributed by atoms with Crippen molar-refractivity contribution in [3.63, 3.8) is 0 Å². The van der Waals surface area contributed by atoms with Gasteiger partial charge in [-0.15, -0.1) is 0 Å². The van der Waals surface area contributed by atoms with Crippen LogP contribution in [0.4, 0.5) is 14.5 Å². The minimum Gasteiger partial charge on any atom is -0.396 e. The van der Waals surface area contributed by atoms with Crippen LogP contribution in [0, 0.1) is 5.92 Å². The fourth-order valence-corrected chi connectivity index (χ4v) is 1.17. The molecule has 66 valence electrons. The summed E-state index contributed by atoms with van der Waals surface area (Å²) in [7, 11) is 0. The standard InChI is InChI=1S/C7H9F2N3/c8-7(9)1-5(7)3-12-4-6(10)2-11-12/h2,4-5H,1,3,10H2. The zero-order valence-corrected chi connectivity index (χ0v) is 6.37. The number of alkyl halides is 2. The predicted molar refractivity (Wildman–Crippen MR) is 39.7 cm³/mol. The van der Waals surface area contributed by atoms with E-state index in [2.05, 4.69) is 5.10 Å². The van der Waals surface area contributed by atoms with Crippen molar-refractivity contribution in [2.75, 3.05) is 5.73 Å². The van der Waals surface area contributed by atoms with Crippen molar-refractivity contribution in [2.45, 2.75) is 18.9 Å². The maximum absolute atomic E-state index is 12.4. The number of nitrogens with two attached hydrogens (primary N) is 1. The molecule has 5 heteroatoms. The third kappa shape index (κ3) is 1.26. The van der Waals surface area contributed by atoms with Gasteiger partial charge in [-0.25, -0.2) is 8.78 Å². The average molecular weight is 173 g/mol. The van der Waals surface area contributed by atoms with Gasteiger partial charge < -0.3 is 5.73 Å². The van der Waals surface area contributed by atoms with Gasteiger partial charge in [0.15, 0.2) is 0 Å². The predicted octanol–water partition coefficient (Wildman–Crippen LogP) is 1.12. The van der Waals surface area contributed by atoms with E-state index < -0.39 is 11.8 Å². The number of hydrogen-bond donors (Lipinski definition) is 1. The fourth-order valence-electron chi connectivity index (χ4n) is 1.17. The molecule has 1 aromatic heterocycles. The molecule has 0 aliphatic heterocycles. The molecular formula is C7H9F2N3. The van der Waals surface area contributed by atoms with Crippen LogP contribution in [-0.2, 0) is 6.54 Å². The highest BCUT2D eigenvalue weighted by Crippen LogP contribution is 2.49. The Morgan fingerprint density at radius 3 is 2.83 bits per heavy atom. The Morgan fingerprint density at radius 1 is 1.75 bits per heavy atom. The normalized spacial score (nSPS) is 25.7. The molecule has 12 heavy (non-hydrogen) atoms. The van der Waals surface area contributed by atoms with E-state index >= 15 is 0 Å². The number of rotatable bonds is 2. The summed E-state index contributed by atoms with van der Waals surface area (Å²) in [5.41, 5.74) is 5.88. The van der Waals surface area contributed by atoms with Gasteiger partial charge in [0.05, 0.1) is 11.9 Å². The number of hydrogen-bond acceptors (Lipinski definition) is 2. The molecule has 0 aromatic carbocycles. The zero-order chi connectivity index (χ0) is 8.77.